The lowest BCUT2D eigenvalue weighted by molar-refractivity contribution is 0.0406. The molecule has 33 heavy (non-hydrogen) atoms. The van der Waals surface area contributed by atoms with Crippen molar-refractivity contribution in [3.8, 4) is 11.1 Å². The number of nitrogens with zero attached hydrogens (tertiary/aromatic N) is 2. The standard InChI is InChI=1S/C24H25BrFN3O4/c1-24(2,3)33-23(31)28-14-10-15-6-7-16(11-14)29(15)22(30)20-12-17(21(25)32-20)13-5-8-19(27-4)18(26)9-13/h5,8-9,12,14-16H,6-7,10-11H2,1-3H3,(H,28,31). The number of ether oxygens (including phenoxy) is 1. The van der Waals surface area contributed by atoms with Crippen molar-refractivity contribution in [3.63, 3.8) is 0 Å². The topological polar surface area (TPSA) is 76.1 Å². The molecule has 2 aliphatic heterocycles. The van der Waals surface area contributed by atoms with Crippen LogP contribution in [0, 0.1) is 12.4 Å². The average molecular weight is 518 g/mol. The van der Waals surface area contributed by atoms with Crippen LogP contribution in [0.4, 0.5) is 14.9 Å². The van der Waals surface area contributed by atoms with Crippen LogP contribution in [0.1, 0.15) is 57.0 Å². The first-order valence-electron chi connectivity index (χ1n) is 10.8. The van der Waals surface area contributed by atoms with E-state index in [1.165, 1.54) is 12.1 Å². The van der Waals surface area contributed by atoms with E-state index >= 15 is 0 Å². The molecule has 0 radical (unpaired) electrons. The van der Waals surface area contributed by atoms with Crippen molar-refractivity contribution in [1.82, 2.24) is 10.2 Å². The van der Waals surface area contributed by atoms with Crippen molar-refractivity contribution in [2.75, 3.05) is 0 Å². The van der Waals surface area contributed by atoms with Gasteiger partial charge in [-0.05, 0) is 80.1 Å². The molecule has 2 atom stereocenters. The Bertz CT molecular complexity index is 1120. The van der Waals surface area contributed by atoms with Crippen molar-refractivity contribution in [1.29, 1.82) is 0 Å². The molecule has 1 aromatic carbocycles. The quantitative estimate of drug-likeness (QED) is 0.502. The Hall–Kier alpha value is -2.86. The Labute approximate surface area is 200 Å². The smallest absolute Gasteiger partial charge is 0.407 e. The summed E-state index contributed by atoms with van der Waals surface area (Å²) in [6.45, 7) is 12.4. The third-order valence-corrected chi connectivity index (χ3v) is 6.55. The third kappa shape index (κ3) is 4.91. The maximum Gasteiger partial charge on any atom is 0.407 e. The summed E-state index contributed by atoms with van der Waals surface area (Å²) >= 11 is 3.33. The number of rotatable bonds is 3. The van der Waals surface area contributed by atoms with Gasteiger partial charge in [-0.1, -0.05) is 12.1 Å². The molecule has 0 saturated carbocycles. The van der Waals surface area contributed by atoms with Gasteiger partial charge in [-0.15, -0.1) is 0 Å². The van der Waals surface area contributed by atoms with Gasteiger partial charge in [0.1, 0.15) is 11.4 Å². The number of carbonyl (C=O) groups is 2. The summed E-state index contributed by atoms with van der Waals surface area (Å²) in [5.41, 5.74) is 0.429. The number of hydrogen-bond acceptors (Lipinski definition) is 4. The van der Waals surface area contributed by atoms with Crippen LogP contribution in [-0.2, 0) is 4.74 Å². The Morgan fingerprint density at radius 1 is 1.24 bits per heavy atom. The van der Waals surface area contributed by atoms with Crippen LogP contribution >= 0.6 is 15.9 Å². The third-order valence-electron chi connectivity index (χ3n) is 5.97. The maximum atomic E-state index is 14.1. The molecular weight excluding hydrogens is 493 g/mol. The van der Waals surface area contributed by atoms with E-state index in [2.05, 4.69) is 26.1 Å². The Morgan fingerprint density at radius 3 is 2.48 bits per heavy atom. The van der Waals surface area contributed by atoms with Crippen LogP contribution in [0.2, 0.25) is 0 Å². The Kier molecular flexibility index (Phi) is 6.23. The molecule has 2 aromatic rings. The zero-order chi connectivity index (χ0) is 23.9. The number of amides is 2. The van der Waals surface area contributed by atoms with E-state index in [-0.39, 0.29) is 35.5 Å². The van der Waals surface area contributed by atoms with E-state index in [1.54, 1.807) is 12.1 Å². The summed E-state index contributed by atoms with van der Waals surface area (Å²) < 4.78 is 25.5. The highest BCUT2D eigenvalue weighted by Gasteiger charge is 2.45. The molecule has 0 spiro atoms. The molecular formula is C24H25BrFN3O4. The van der Waals surface area contributed by atoms with Gasteiger partial charge in [0.05, 0.1) is 6.57 Å². The molecule has 2 saturated heterocycles. The second kappa shape index (κ2) is 8.82. The minimum Gasteiger partial charge on any atom is -0.444 e. The molecule has 2 bridgehead atoms. The molecule has 1 N–H and O–H groups in total. The van der Waals surface area contributed by atoms with Crippen molar-refractivity contribution < 1.29 is 23.1 Å². The van der Waals surface area contributed by atoms with Crippen molar-refractivity contribution in [2.45, 2.75) is 70.2 Å². The minimum atomic E-state index is -0.624. The second-order valence-corrected chi connectivity index (χ2v) is 10.2. The zero-order valence-electron chi connectivity index (χ0n) is 18.7. The van der Waals surface area contributed by atoms with Crippen LogP contribution < -0.4 is 5.32 Å². The number of alkyl carbamates (subject to hydrolysis) is 1. The van der Waals surface area contributed by atoms with E-state index in [9.17, 15) is 14.0 Å². The van der Waals surface area contributed by atoms with E-state index < -0.39 is 17.5 Å². The number of piperidine rings is 1. The van der Waals surface area contributed by atoms with Crippen molar-refractivity contribution in [3.05, 3.63) is 51.9 Å². The van der Waals surface area contributed by atoms with Gasteiger partial charge in [-0.3, -0.25) is 4.79 Å². The van der Waals surface area contributed by atoms with Gasteiger partial charge in [0.25, 0.3) is 5.91 Å². The molecule has 9 heteroatoms. The van der Waals surface area contributed by atoms with Gasteiger partial charge in [-0.2, -0.15) is 0 Å². The molecule has 7 nitrogen and oxygen atoms in total. The van der Waals surface area contributed by atoms with Crippen LogP contribution in [0.3, 0.4) is 0 Å². The lowest BCUT2D eigenvalue weighted by Crippen LogP contribution is -2.52. The highest BCUT2D eigenvalue weighted by molar-refractivity contribution is 9.10. The number of carbonyl (C=O) groups excluding carboxylic acids is 2. The summed E-state index contributed by atoms with van der Waals surface area (Å²) in [7, 11) is 0. The molecule has 3 heterocycles. The molecule has 2 aliphatic rings. The first-order chi connectivity index (χ1) is 15.6. The van der Waals surface area contributed by atoms with Crippen LogP contribution in [-0.4, -0.2) is 40.6 Å². The number of fused-ring (bicyclic) bond motifs is 2. The lowest BCUT2D eigenvalue weighted by Gasteiger charge is -2.38. The van der Waals surface area contributed by atoms with Crippen molar-refractivity contribution in [2.24, 2.45) is 0 Å². The first-order valence-corrected chi connectivity index (χ1v) is 11.6. The number of furan rings is 1. The SMILES string of the molecule is [C-]#[N+]c1ccc(-c2cc(C(=O)N3C4CCC3CC(NC(=O)OC(C)(C)C)C4)oc2Br)cc1F. The maximum absolute atomic E-state index is 14.1. The van der Waals surface area contributed by atoms with Gasteiger partial charge in [0, 0.05) is 23.7 Å². The summed E-state index contributed by atoms with van der Waals surface area (Å²) in [4.78, 5) is 30.5. The molecule has 2 unspecified atom stereocenters. The fraction of sp³-hybridized carbons (Fsp3) is 0.458. The summed E-state index contributed by atoms with van der Waals surface area (Å²) in [6, 6.07) is 5.83. The predicted molar refractivity (Wildman–Crippen MR) is 123 cm³/mol. The number of benzene rings is 1. The van der Waals surface area contributed by atoms with Crippen LogP contribution in [0.15, 0.2) is 33.4 Å². The number of hydrogen-bond donors (Lipinski definition) is 1. The second-order valence-electron chi connectivity index (χ2n) is 9.49. The van der Waals surface area contributed by atoms with Crippen molar-refractivity contribution >= 4 is 33.6 Å². The largest absolute Gasteiger partial charge is 0.444 e. The summed E-state index contributed by atoms with van der Waals surface area (Å²) in [5, 5.41) is 2.94. The fourth-order valence-electron chi connectivity index (χ4n) is 4.66. The van der Waals surface area contributed by atoms with Crippen LogP contribution in [0.5, 0.6) is 0 Å². The van der Waals surface area contributed by atoms with E-state index in [4.69, 9.17) is 15.7 Å². The monoisotopic (exact) mass is 517 g/mol. The fourth-order valence-corrected chi connectivity index (χ4v) is 5.18. The lowest BCUT2D eigenvalue weighted by atomic mass is 9.97. The average Bonchev–Trinajstić information content (AvgIpc) is 3.23. The summed E-state index contributed by atoms with van der Waals surface area (Å²) in [6.07, 6.45) is 2.59. The number of halogens is 2. The zero-order valence-corrected chi connectivity index (χ0v) is 20.2. The minimum absolute atomic E-state index is 0.00101. The summed E-state index contributed by atoms with van der Waals surface area (Å²) in [5.74, 6) is -0.675. The van der Waals surface area contributed by atoms with E-state index in [0.717, 1.165) is 12.8 Å². The Morgan fingerprint density at radius 2 is 1.91 bits per heavy atom. The first kappa shape index (κ1) is 23.3. The van der Waals surface area contributed by atoms with Gasteiger partial charge >= 0.3 is 6.09 Å². The van der Waals surface area contributed by atoms with Gasteiger partial charge in [0.15, 0.2) is 10.4 Å². The van der Waals surface area contributed by atoms with E-state index in [1.807, 2.05) is 25.7 Å². The van der Waals surface area contributed by atoms with Gasteiger partial charge < -0.3 is 19.4 Å². The molecule has 1 aromatic heterocycles. The Balaban J connectivity index is 1.48. The molecule has 2 fully saturated rings. The van der Waals surface area contributed by atoms with Gasteiger partial charge in [-0.25, -0.2) is 14.0 Å². The number of nitrogens with one attached hydrogen (secondary N) is 1. The van der Waals surface area contributed by atoms with Crippen LogP contribution in [0.25, 0.3) is 16.0 Å². The van der Waals surface area contributed by atoms with E-state index in [0.29, 0.717) is 28.6 Å². The normalized spacial score (nSPS) is 22.1. The molecule has 0 aliphatic carbocycles. The predicted octanol–water partition coefficient (Wildman–Crippen LogP) is 6.06. The highest BCUT2D eigenvalue weighted by atomic mass is 79.9. The molecule has 2 amide bonds. The molecule has 4 rings (SSSR count). The van der Waals surface area contributed by atoms with Gasteiger partial charge in [0.2, 0.25) is 5.69 Å². The molecule has 174 valence electrons. The highest BCUT2D eigenvalue weighted by Crippen LogP contribution is 2.39.